The van der Waals surface area contributed by atoms with Crippen molar-refractivity contribution in [3.05, 3.63) is 0 Å². The number of hydrogen-bond donors (Lipinski definition) is 0. The fourth-order valence-electron chi connectivity index (χ4n) is 3.21. The molecule has 0 heterocycles. The second-order valence-electron chi connectivity index (χ2n) is 8.90. The molecule has 0 N–H and O–H groups in total. The Morgan fingerprint density at radius 1 is 0.556 bits per heavy atom. The van der Waals surface area contributed by atoms with Gasteiger partial charge in [0.15, 0.2) is 0 Å². The molecule has 0 saturated heterocycles. The Labute approximate surface area is 219 Å². The van der Waals surface area contributed by atoms with Gasteiger partial charge in [0.25, 0.3) is 20.2 Å². The lowest BCUT2D eigenvalue weighted by Gasteiger charge is -2.37. The Morgan fingerprint density at radius 2 is 1.00 bits per heavy atom. The molecular weight excluding hydrogens is 512 g/mol. The standard InChI is InChI=1S/C24H50O10S2/c1-7-11-15-29-19-22(34-36(6,27)28)24(32-18-14-10-4)23(31-17-13-9-3)21(30-16-12-8-2)20-33-35(5,25)26/h21-24H,7-20H2,1-6H3. The van der Waals surface area contributed by atoms with Gasteiger partial charge >= 0.3 is 0 Å². The minimum Gasteiger partial charge on any atom is -0.379 e. The second kappa shape index (κ2) is 20.6. The Hall–Kier alpha value is -0.340. The van der Waals surface area contributed by atoms with Crippen molar-refractivity contribution in [2.45, 2.75) is 103 Å². The van der Waals surface area contributed by atoms with E-state index in [1.807, 2.05) is 27.7 Å². The minimum atomic E-state index is -3.87. The maximum atomic E-state index is 12.2. The number of unbranched alkanes of at least 4 members (excludes halogenated alkanes) is 4. The minimum absolute atomic E-state index is 0.0356. The van der Waals surface area contributed by atoms with Gasteiger partial charge in [0.05, 0.1) is 25.7 Å². The van der Waals surface area contributed by atoms with Crippen LogP contribution in [0.25, 0.3) is 0 Å². The van der Waals surface area contributed by atoms with Crippen LogP contribution in [0.5, 0.6) is 0 Å². The molecule has 0 aromatic rings. The first-order chi connectivity index (χ1) is 17.0. The molecule has 0 saturated carbocycles. The molecule has 4 atom stereocenters. The van der Waals surface area contributed by atoms with E-state index in [1.54, 1.807) is 0 Å². The normalized spacial score (nSPS) is 16.1. The Bertz CT molecular complexity index is 727. The van der Waals surface area contributed by atoms with Crippen molar-refractivity contribution in [1.29, 1.82) is 0 Å². The lowest BCUT2D eigenvalue weighted by molar-refractivity contribution is -0.177. The smallest absolute Gasteiger partial charge is 0.264 e. The molecule has 0 bridgehead atoms. The average Bonchev–Trinajstić information content (AvgIpc) is 2.78. The lowest BCUT2D eigenvalue weighted by atomic mass is 10.0. The highest BCUT2D eigenvalue weighted by Gasteiger charge is 2.40. The van der Waals surface area contributed by atoms with E-state index < -0.39 is 44.7 Å². The summed E-state index contributed by atoms with van der Waals surface area (Å²) in [5, 5.41) is 0. The van der Waals surface area contributed by atoms with Crippen LogP contribution in [0.3, 0.4) is 0 Å². The van der Waals surface area contributed by atoms with E-state index >= 15 is 0 Å². The molecule has 0 aliphatic heterocycles. The molecule has 4 unspecified atom stereocenters. The van der Waals surface area contributed by atoms with Crippen molar-refractivity contribution in [2.24, 2.45) is 0 Å². The van der Waals surface area contributed by atoms with Crippen LogP contribution >= 0.6 is 0 Å². The van der Waals surface area contributed by atoms with E-state index in [9.17, 15) is 16.8 Å². The molecule has 0 aliphatic rings. The molecule has 12 heteroatoms. The summed E-state index contributed by atoms with van der Waals surface area (Å²) in [5.41, 5.74) is 0. The van der Waals surface area contributed by atoms with Gasteiger partial charge in [-0.1, -0.05) is 53.4 Å². The Kier molecular flexibility index (Phi) is 20.4. The van der Waals surface area contributed by atoms with Gasteiger partial charge in [-0.05, 0) is 25.7 Å². The first kappa shape index (κ1) is 35.7. The molecule has 36 heavy (non-hydrogen) atoms. The summed E-state index contributed by atoms with van der Waals surface area (Å²) in [7, 11) is -7.62. The van der Waals surface area contributed by atoms with Crippen molar-refractivity contribution in [1.82, 2.24) is 0 Å². The third-order valence-corrected chi connectivity index (χ3v) is 6.33. The summed E-state index contributed by atoms with van der Waals surface area (Å²) in [6, 6.07) is 0. The maximum Gasteiger partial charge on any atom is 0.264 e. The van der Waals surface area contributed by atoms with Crippen LogP contribution in [-0.2, 0) is 47.5 Å². The molecule has 0 aliphatic carbocycles. The predicted molar refractivity (Wildman–Crippen MR) is 140 cm³/mol. The van der Waals surface area contributed by atoms with Gasteiger partial charge in [0, 0.05) is 26.4 Å². The zero-order valence-electron chi connectivity index (χ0n) is 23.1. The van der Waals surface area contributed by atoms with Gasteiger partial charge in [-0.25, -0.2) is 0 Å². The summed E-state index contributed by atoms with van der Waals surface area (Å²) < 4.78 is 82.6. The summed E-state index contributed by atoms with van der Waals surface area (Å²) in [4.78, 5) is 0. The van der Waals surface area contributed by atoms with E-state index in [1.165, 1.54) is 0 Å². The summed E-state index contributed by atoms with van der Waals surface area (Å²) in [5.74, 6) is 0. The first-order valence-corrected chi connectivity index (χ1v) is 16.8. The zero-order chi connectivity index (χ0) is 27.5. The van der Waals surface area contributed by atoms with Gasteiger partial charge in [-0.15, -0.1) is 0 Å². The fourth-order valence-corrected chi connectivity index (χ4v) is 4.21. The summed E-state index contributed by atoms with van der Waals surface area (Å²) >= 11 is 0. The van der Waals surface area contributed by atoms with Crippen molar-refractivity contribution >= 4 is 20.2 Å². The number of rotatable bonds is 25. The molecule has 218 valence electrons. The highest BCUT2D eigenvalue weighted by Crippen LogP contribution is 2.22. The summed E-state index contributed by atoms with van der Waals surface area (Å²) in [6.07, 6.45) is 4.93. The highest BCUT2D eigenvalue weighted by molar-refractivity contribution is 7.86. The highest BCUT2D eigenvalue weighted by atomic mass is 32.2. The van der Waals surface area contributed by atoms with Crippen LogP contribution in [-0.4, -0.2) is 93.4 Å². The predicted octanol–water partition coefficient (Wildman–Crippen LogP) is 3.68. The van der Waals surface area contributed by atoms with Gasteiger partial charge in [-0.3, -0.25) is 8.37 Å². The fraction of sp³-hybridized carbons (Fsp3) is 1.00. The van der Waals surface area contributed by atoms with Crippen LogP contribution in [0.4, 0.5) is 0 Å². The Morgan fingerprint density at radius 3 is 1.44 bits per heavy atom. The molecule has 0 radical (unpaired) electrons. The van der Waals surface area contributed by atoms with E-state index in [0.717, 1.165) is 63.9 Å². The van der Waals surface area contributed by atoms with Crippen LogP contribution in [0, 0.1) is 0 Å². The second-order valence-corrected chi connectivity index (χ2v) is 12.1. The molecule has 0 spiro atoms. The van der Waals surface area contributed by atoms with Crippen molar-refractivity contribution in [3.8, 4) is 0 Å². The SMILES string of the molecule is CCCCOCC(OS(C)(=O)=O)C(OCCCC)C(OCCCC)C(COS(C)(=O)=O)OCCCC. The largest absolute Gasteiger partial charge is 0.379 e. The Balaban J connectivity index is 6.23. The molecule has 0 rings (SSSR count). The molecule has 0 aromatic heterocycles. The van der Waals surface area contributed by atoms with Gasteiger partial charge in [-0.2, -0.15) is 16.8 Å². The summed E-state index contributed by atoms with van der Waals surface area (Å²) in [6.45, 7) is 9.23. The van der Waals surface area contributed by atoms with E-state index in [-0.39, 0.29) is 13.2 Å². The third kappa shape index (κ3) is 18.8. The van der Waals surface area contributed by atoms with E-state index in [4.69, 9.17) is 27.3 Å². The number of hydrogen-bond acceptors (Lipinski definition) is 10. The maximum absolute atomic E-state index is 12.2. The van der Waals surface area contributed by atoms with Crippen LogP contribution in [0.15, 0.2) is 0 Å². The molecule has 0 aromatic carbocycles. The van der Waals surface area contributed by atoms with Gasteiger partial charge in [0.1, 0.15) is 24.4 Å². The topological polar surface area (TPSA) is 124 Å². The molecule has 10 nitrogen and oxygen atoms in total. The van der Waals surface area contributed by atoms with Gasteiger partial charge < -0.3 is 18.9 Å². The first-order valence-electron chi connectivity index (χ1n) is 13.1. The van der Waals surface area contributed by atoms with Crippen molar-refractivity contribution in [2.75, 3.05) is 52.2 Å². The molecule has 0 fully saturated rings. The molecular formula is C24H50O10S2. The lowest BCUT2D eigenvalue weighted by Crippen LogP contribution is -2.53. The van der Waals surface area contributed by atoms with Crippen molar-refractivity contribution < 1.29 is 44.1 Å². The number of ether oxygens (including phenoxy) is 4. The quantitative estimate of drug-likeness (QED) is 0.120. The molecule has 0 amide bonds. The van der Waals surface area contributed by atoms with E-state index in [0.29, 0.717) is 26.4 Å². The zero-order valence-corrected chi connectivity index (χ0v) is 24.7. The third-order valence-electron chi connectivity index (χ3n) is 5.17. The van der Waals surface area contributed by atoms with Gasteiger partial charge in [0.2, 0.25) is 0 Å². The monoisotopic (exact) mass is 562 g/mol. The van der Waals surface area contributed by atoms with Crippen LogP contribution < -0.4 is 0 Å². The van der Waals surface area contributed by atoms with E-state index in [2.05, 4.69) is 0 Å². The van der Waals surface area contributed by atoms with Crippen molar-refractivity contribution in [3.63, 3.8) is 0 Å². The van der Waals surface area contributed by atoms with Crippen LogP contribution in [0.1, 0.15) is 79.1 Å². The van der Waals surface area contributed by atoms with Crippen LogP contribution in [0.2, 0.25) is 0 Å². The average molecular weight is 563 g/mol.